The van der Waals surface area contributed by atoms with Crippen LogP contribution in [-0.2, 0) is 0 Å². The van der Waals surface area contributed by atoms with Crippen LogP contribution in [0.1, 0.15) is 25.8 Å². The van der Waals surface area contributed by atoms with Crippen LogP contribution in [0, 0.1) is 5.92 Å². The molecule has 0 atom stereocenters. The van der Waals surface area contributed by atoms with Gasteiger partial charge in [-0.05, 0) is 24.5 Å². The molecule has 0 unspecified atom stereocenters. The highest BCUT2D eigenvalue weighted by Gasteiger charge is 2.00. The van der Waals surface area contributed by atoms with Crippen LogP contribution in [0.5, 0.6) is 5.75 Å². The lowest BCUT2D eigenvalue weighted by atomic mass is 10.1. The lowest BCUT2D eigenvalue weighted by Crippen LogP contribution is -2.03. The van der Waals surface area contributed by atoms with E-state index in [0.29, 0.717) is 5.92 Å². The first-order valence-electron chi connectivity index (χ1n) is 5.19. The van der Waals surface area contributed by atoms with Crippen LogP contribution >= 0.6 is 0 Å². The minimum absolute atomic E-state index is 0.653. The van der Waals surface area contributed by atoms with Gasteiger partial charge in [0.2, 0.25) is 0 Å². The fourth-order valence-corrected chi connectivity index (χ4v) is 1.20. The van der Waals surface area contributed by atoms with Gasteiger partial charge < -0.3 is 10.6 Å². The van der Waals surface area contributed by atoms with Gasteiger partial charge in [-0.1, -0.05) is 26.0 Å². The molecule has 3 heteroatoms. The second-order valence-electron chi connectivity index (χ2n) is 3.85. The average molecular weight is 206 g/mol. The van der Waals surface area contributed by atoms with E-state index in [1.165, 1.54) is 0 Å². The van der Waals surface area contributed by atoms with Gasteiger partial charge in [-0.25, -0.2) is 0 Å². The number of hydrogen-bond acceptors (Lipinski definition) is 3. The topological polar surface area (TPSA) is 47.6 Å². The summed E-state index contributed by atoms with van der Waals surface area (Å²) in [6.07, 6.45) is 2.65. The van der Waals surface area contributed by atoms with Gasteiger partial charge >= 0.3 is 0 Å². The molecular weight excluding hydrogens is 188 g/mol. The van der Waals surface area contributed by atoms with Crippen LogP contribution in [0.3, 0.4) is 0 Å². The molecule has 0 aliphatic heterocycles. The highest BCUT2D eigenvalue weighted by Crippen LogP contribution is 2.16. The summed E-state index contributed by atoms with van der Waals surface area (Å²) < 4.78 is 5.65. The number of ether oxygens (including phenoxy) is 1. The van der Waals surface area contributed by atoms with Crippen molar-refractivity contribution in [3.63, 3.8) is 0 Å². The second-order valence-corrected chi connectivity index (χ2v) is 3.85. The first-order chi connectivity index (χ1) is 7.24. The summed E-state index contributed by atoms with van der Waals surface area (Å²) in [5.74, 6) is 6.61. The number of hydrazone groups is 1. The Balaban J connectivity index is 2.59. The Kier molecular flexibility index (Phi) is 4.68. The Morgan fingerprint density at radius 3 is 2.80 bits per heavy atom. The largest absolute Gasteiger partial charge is 0.493 e. The Morgan fingerprint density at radius 2 is 2.13 bits per heavy atom. The number of nitrogens with zero attached hydrogens (tertiary/aromatic N) is 1. The van der Waals surface area contributed by atoms with Gasteiger partial charge in [0, 0.05) is 5.56 Å². The van der Waals surface area contributed by atoms with Gasteiger partial charge in [-0.3, -0.25) is 0 Å². The molecule has 1 rings (SSSR count). The molecule has 0 saturated heterocycles. The summed E-state index contributed by atoms with van der Waals surface area (Å²) in [4.78, 5) is 0. The van der Waals surface area contributed by atoms with Gasteiger partial charge in [0.15, 0.2) is 0 Å². The number of hydrogen-bond donors (Lipinski definition) is 1. The van der Waals surface area contributed by atoms with Gasteiger partial charge in [-0.15, -0.1) is 0 Å². The van der Waals surface area contributed by atoms with E-state index in [1.54, 1.807) is 6.21 Å². The molecule has 0 bridgehead atoms. The van der Waals surface area contributed by atoms with E-state index in [1.807, 2.05) is 24.3 Å². The van der Waals surface area contributed by atoms with E-state index in [2.05, 4.69) is 18.9 Å². The summed E-state index contributed by atoms with van der Waals surface area (Å²) in [7, 11) is 0. The predicted octanol–water partition coefficient (Wildman–Crippen LogP) is 2.40. The van der Waals surface area contributed by atoms with Crippen LogP contribution in [-0.4, -0.2) is 12.8 Å². The monoisotopic (exact) mass is 206 g/mol. The molecule has 0 spiro atoms. The van der Waals surface area contributed by atoms with Crippen molar-refractivity contribution in [3.8, 4) is 5.75 Å². The molecule has 15 heavy (non-hydrogen) atoms. The Hall–Kier alpha value is -1.51. The van der Waals surface area contributed by atoms with Gasteiger partial charge in [-0.2, -0.15) is 5.10 Å². The van der Waals surface area contributed by atoms with Crippen molar-refractivity contribution in [2.24, 2.45) is 16.9 Å². The molecule has 0 aliphatic rings. The quantitative estimate of drug-likeness (QED) is 0.457. The van der Waals surface area contributed by atoms with Crippen molar-refractivity contribution in [2.45, 2.75) is 20.3 Å². The first-order valence-corrected chi connectivity index (χ1v) is 5.19. The molecule has 1 aromatic carbocycles. The highest BCUT2D eigenvalue weighted by molar-refractivity contribution is 5.83. The smallest absolute Gasteiger partial charge is 0.128 e. The Morgan fingerprint density at radius 1 is 1.40 bits per heavy atom. The minimum atomic E-state index is 0.653. The standard InChI is InChI=1S/C12H18N2O/c1-10(2)7-8-15-12-6-4-3-5-11(12)9-14-13/h3-6,9-10H,7-8,13H2,1-2H3. The number of rotatable bonds is 5. The van der Waals surface area contributed by atoms with E-state index in [9.17, 15) is 0 Å². The van der Waals surface area contributed by atoms with Crippen molar-refractivity contribution in [3.05, 3.63) is 29.8 Å². The number of para-hydroxylation sites is 1. The maximum Gasteiger partial charge on any atom is 0.128 e. The zero-order chi connectivity index (χ0) is 11.1. The highest BCUT2D eigenvalue weighted by atomic mass is 16.5. The summed E-state index contributed by atoms with van der Waals surface area (Å²) in [5.41, 5.74) is 0.920. The predicted molar refractivity (Wildman–Crippen MR) is 63.2 cm³/mol. The third-order valence-corrected chi connectivity index (χ3v) is 2.09. The lowest BCUT2D eigenvalue weighted by molar-refractivity contribution is 0.289. The molecule has 0 aromatic heterocycles. The fraction of sp³-hybridized carbons (Fsp3) is 0.417. The first kappa shape index (κ1) is 11.6. The average Bonchev–Trinajstić information content (AvgIpc) is 2.20. The summed E-state index contributed by atoms with van der Waals surface area (Å²) in [5, 5.41) is 3.50. The molecule has 0 radical (unpaired) electrons. The van der Waals surface area contributed by atoms with Gasteiger partial charge in [0.1, 0.15) is 5.75 Å². The third-order valence-electron chi connectivity index (χ3n) is 2.09. The molecular formula is C12H18N2O. The lowest BCUT2D eigenvalue weighted by Gasteiger charge is -2.09. The molecule has 1 aromatic rings. The SMILES string of the molecule is CC(C)CCOc1ccccc1C=NN. The minimum Gasteiger partial charge on any atom is -0.493 e. The fourth-order valence-electron chi connectivity index (χ4n) is 1.20. The molecule has 82 valence electrons. The van der Waals surface area contributed by atoms with Crippen molar-refractivity contribution < 1.29 is 4.74 Å². The van der Waals surface area contributed by atoms with Crippen LogP contribution in [0.15, 0.2) is 29.4 Å². The van der Waals surface area contributed by atoms with E-state index in [4.69, 9.17) is 10.6 Å². The Bertz CT molecular complexity index is 321. The van der Waals surface area contributed by atoms with Crippen LogP contribution in [0.2, 0.25) is 0 Å². The van der Waals surface area contributed by atoms with E-state index in [-0.39, 0.29) is 0 Å². The van der Waals surface area contributed by atoms with Crippen LogP contribution in [0.4, 0.5) is 0 Å². The number of benzene rings is 1. The van der Waals surface area contributed by atoms with Crippen molar-refractivity contribution in [1.82, 2.24) is 0 Å². The van der Waals surface area contributed by atoms with Gasteiger partial charge in [0.25, 0.3) is 0 Å². The maximum absolute atomic E-state index is 5.65. The zero-order valence-corrected chi connectivity index (χ0v) is 9.31. The molecule has 0 heterocycles. The molecule has 0 fully saturated rings. The summed E-state index contributed by atoms with van der Waals surface area (Å²) in [6.45, 7) is 5.08. The molecule has 0 aliphatic carbocycles. The zero-order valence-electron chi connectivity index (χ0n) is 9.31. The van der Waals surface area contributed by atoms with E-state index >= 15 is 0 Å². The van der Waals surface area contributed by atoms with Crippen LogP contribution in [0.25, 0.3) is 0 Å². The van der Waals surface area contributed by atoms with Crippen molar-refractivity contribution >= 4 is 6.21 Å². The van der Waals surface area contributed by atoms with E-state index in [0.717, 1.165) is 24.3 Å². The second kappa shape index (κ2) is 6.06. The molecule has 0 saturated carbocycles. The van der Waals surface area contributed by atoms with Crippen molar-refractivity contribution in [1.29, 1.82) is 0 Å². The maximum atomic E-state index is 5.65. The molecule has 2 N–H and O–H groups in total. The van der Waals surface area contributed by atoms with Crippen molar-refractivity contribution in [2.75, 3.05) is 6.61 Å². The summed E-state index contributed by atoms with van der Waals surface area (Å²) in [6, 6.07) is 7.74. The summed E-state index contributed by atoms with van der Waals surface area (Å²) >= 11 is 0. The van der Waals surface area contributed by atoms with E-state index < -0.39 is 0 Å². The third kappa shape index (κ3) is 4.02. The molecule has 3 nitrogen and oxygen atoms in total. The normalized spacial score (nSPS) is 11.1. The van der Waals surface area contributed by atoms with Gasteiger partial charge in [0.05, 0.1) is 12.8 Å². The Labute approximate surface area is 90.9 Å². The van der Waals surface area contributed by atoms with Crippen LogP contribution < -0.4 is 10.6 Å². The number of nitrogens with two attached hydrogens (primary N) is 1. The molecule has 0 amide bonds.